The van der Waals surface area contributed by atoms with Crippen molar-refractivity contribution in [1.29, 1.82) is 0 Å². The van der Waals surface area contributed by atoms with Crippen molar-refractivity contribution in [2.45, 2.75) is 26.7 Å². The van der Waals surface area contributed by atoms with Gasteiger partial charge in [-0.2, -0.15) is 0 Å². The molecule has 4 nitrogen and oxygen atoms in total. The number of nitrogens with zero attached hydrogens (tertiary/aromatic N) is 3. The number of rotatable bonds is 2. The van der Waals surface area contributed by atoms with Gasteiger partial charge < -0.3 is 4.90 Å². The van der Waals surface area contributed by atoms with E-state index in [2.05, 4.69) is 18.0 Å². The van der Waals surface area contributed by atoms with E-state index in [-0.39, 0.29) is 5.91 Å². The Labute approximate surface area is 153 Å². The highest BCUT2D eigenvalue weighted by Crippen LogP contribution is 2.27. The number of carbonyl (C=O) groups is 1. The molecule has 0 radical (unpaired) electrons. The van der Waals surface area contributed by atoms with E-state index in [4.69, 9.17) is 4.98 Å². The molecule has 0 N–H and O–H groups in total. The third-order valence-corrected chi connectivity index (χ3v) is 5.24. The molecule has 1 saturated heterocycles. The average Bonchev–Trinajstić information content (AvgIpc) is 2.68. The highest BCUT2D eigenvalue weighted by molar-refractivity contribution is 6.07. The molecular weight excluding hydrogens is 322 g/mol. The van der Waals surface area contributed by atoms with Gasteiger partial charge in [0.1, 0.15) is 0 Å². The van der Waals surface area contributed by atoms with Crippen molar-refractivity contribution in [3.05, 3.63) is 59.9 Å². The summed E-state index contributed by atoms with van der Waals surface area (Å²) in [5.41, 5.74) is 4.54. The number of amides is 1. The molecule has 0 aliphatic carbocycles. The molecule has 3 aromatic rings. The zero-order chi connectivity index (χ0) is 18.1. The van der Waals surface area contributed by atoms with E-state index in [1.807, 2.05) is 42.2 Å². The zero-order valence-corrected chi connectivity index (χ0v) is 15.3. The largest absolute Gasteiger partial charge is 0.339 e. The normalized spacial score (nSPS) is 15.4. The first-order valence-corrected chi connectivity index (χ1v) is 9.23. The van der Waals surface area contributed by atoms with Crippen LogP contribution >= 0.6 is 0 Å². The molecule has 0 spiro atoms. The van der Waals surface area contributed by atoms with Crippen LogP contribution in [0.5, 0.6) is 0 Å². The summed E-state index contributed by atoms with van der Waals surface area (Å²) in [7, 11) is 0. The molecular formula is C22H23N3O. The second-order valence-corrected chi connectivity index (χ2v) is 7.29. The fourth-order valence-electron chi connectivity index (χ4n) is 3.57. The summed E-state index contributed by atoms with van der Waals surface area (Å²) in [5, 5.41) is 0.937. The summed E-state index contributed by atoms with van der Waals surface area (Å²) >= 11 is 0. The predicted molar refractivity (Wildman–Crippen MR) is 104 cm³/mol. The molecule has 1 aliphatic rings. The highest BCUT2D eigenvalue weighted by atomic mass is 16.2. The lowest BCUT2D eigenvalue weighted by atomic mass is 9.97. The first-order valence-electron chi connectivity index (χ1n) is 9.23. The third kappa shape index (κ3) is 3.19. The molecule has 4 rings (SSSR count). The Hall–Kier alpha value is -2.75. The van der Waals surface area contributed by atoms with E-state index in [9.17, 15) is 4.79 Å². The van der Waals surface area contributed by atoms with Crippen LogP contribution in [-0.4, -0.2) is 33.9 Å². The summed E-state index contributed by atoms with van der Waals surface area (Å²) in [6, 6.07) is 11.9. The van der Waals surface area contributed by atoms with Gasteiger partial charge in [0.25, 0.3) is 5.91 Å². The van der Waals surface area contributed by atoms with Crippen molar-refractivity contribution >= 4 is 16.8 Å². The number of aromatic nitrogens is 2. The first-order chi connectivity index (χ1) is 12.6. The van der Waals surface area contributed by atoms with E-state index >= 15 is 0 Å². The Morgan fingerprint density at radius 1 is 1.08 bits per heavy atom. The van der Waals surface area contributed by atoms with Crippen LogP contribution in [0.25, 0.3) is 22.2 Å². The molecule has 0 saturated carbocycles. The number of hydrogen-bond acceptors (Lipinski definition) is 3. The van der Waals surface area contributed by atoms with Gasteiger partial charge in [0.2, 0.25) is 0 Å². The van der Waals surface area contributed by atoms with Crippen molar-refractivity contribution in [3.63, 3.8) is 0 Å². The van der Waals surface area contributed by atoms with Gasteiger partial charge in [-0.15, -0.1) is 0 Å². The Morgan fingerprint density at radius 2 is 1.81 bits per heavy atom. The summed E-state index contributed by atoms with van der Waals surface area (Å²) in [4.78, 5) is 24.2. The molecule has 4 heteroatoms. The summed E-state index contributed by atoms with van der Waals surface area (Å²) < 4.78 is 0. The van der Waals surface area contributed by atoms with E-state index in [0.29, 0.717) is 5.92 Å². The molecule has 1 amide bonds. The van der Waals surface area contributed by atoms with E-state index in [1.54, 1.807) is 12.4 Å². The van der Waals surface area contributed by atoms with Crippen LogP contribution in [0.3, 0.4) is 0 Å². The molecule has 26 heavy (non-hydrogen) atoms. The molecule has 3 heterocycles. The summed E-state index contributed by atoms with van der Waals surface area (Å²) in [5.74, 6) is 0.813. The van der Waals surface area contributed by atoms with Gasteiger partial charge in [0, 0.05) is 36.4 Å². The SMILES string of the molecule is Cc1ccc2nc(-c3ccncc3)cc(C(=O)N3CCC(C)CC3)c2c1. The molecule has 0 unspecified atom stereocenters. The number of hydrogen-bond donors (Lipinski definition) is 0. The van der Waals surface area contributed by atoms with Crippen LogP contribution in [0, 0.1) is 12.8 Å². The second kappa shape index (κ2) is 6.87. The Balaban J connectivity index is 1.83. The van der Waals surface area contributed by atoms with Gasteiger partial charge in [-0.3, -0.25) is 9.78 Å². The minimum absolute atomic E-state index is 0.116. The number of fused-ring (bicyclic) bond motifs is 1. The topological polar surface area (TPSA) is 46.1 Å². The van der Waals surface area contributed by atoms with Gasteiger partial charge in [-0.05, 0) is 56.0 Å². The van der Waals surface area contributed by atoms with Crippen LogP contribution in [0.4, 0.5) is 0 Å². The standard InChI is InChI=1S/C22H23N3O/c1-15-7-11-25(12-8-15)22(26)19-14-21(17-5-9-23-10-6-17)24-20-4-3-16(2)13-18(19)20/h3-6,9-10,13-15H,7-8,11-12H2,1-2H3. The van der Waals surface area contributed by atoms with Crippen molar-refractivity contribution in [2.75, 3.05) is 13.1 Å². The minimum Gasteiger partial charge on any atom is -0.339 e. The maximum absolute atomic E-state index is 13.3. The monoisotopic (exact) mass is 345 g/mol. The van der Waals surface area contributed by atoms with Gasteiger partial charge in [-0.1, -0.05) is 18.6 Å². The van der Waals surface area contributed by atoms with Gasteiger partial charge in [0.15, 0.2) is 0 Å². The molecule has 132 valence electrons. The van der Waals surface area contributed by atoms with Crippen LogP contribution < -0.4 is 0 Å². The van der Waals surface area contributed by atoms with Crippen LogP contribution in [0.1, 0.15) is 35.7 Å². The third-order valence-electron chi connectivity index (χ3n) is 5.24. The van der Waals surface area contributed by atoms with Crippen molar-refractivity contribution in [1.82, 2.24) is 14.9 Å². The van der Waals surface area contributed by atoms with Crippen LogP contribution in [0.15, 0.2) is 48.8 Å². The average molecular weight is 345 g/mol. The maximum Gasteiger partial charge on any atom is 0.254 e. The Morgan fingerprint density at radius 3 is 2.54 bits per heavy atom. The molecule has 2 aromatic heterocycles. The fraction of sp³-hybridized carbons (Fsp3) is 0.318. The number of pyridine rings is 2. The molecule has 1 fully saturated rings. The number of aryl methyl sites for hydroxylation is 1. The molecule has 1 aliphatic heterocycles. The molecule has 1 aromatic carbocycles. The van der Waals surface area contributed by atoms with E-state index in [1.165, 1.54) is 0 Å². The zero-order valence-electron chi connectivity index (χ0n) is 15.3. The van der Waals surface area contributed by atoms with Crippen molar-refractivity contribution in [3.8, 4) is 11.3 Å². The number of likely N-dealkylation sites (tertiary alicyclic amines) is 1. The summed E-state index contributed by atoms with van der Waals surface area (Å²) in [6.45, 7) is 5.97. The Bertz CT molecular complexity index is 944. The maximum atomic E-state index is 13.3. The van der Waals surface area contributed by atoms with E-state index in [0.717, 1.165) is 59.2 Å². The van der Waals surface area contributed by atoms with Crippen LogP contribution in [-0.2, 0) is 0 Å². The molecule has 0 atom stereocenters. The first kappa shape index (κ1) is 16.7. The van der Waals surface area contributed by atoms with Crippen molar-refractivity contribution in [2.24, 2.45) is 5.92 Å². The van der Waals surface area contributed by atoms with Gasteiger partial charge >= 0.3 is 0 Å². The van der Waals surface area contributed by atoms with Crippen LogP contribution in [0.2, 0.25) is 0 Å². The minimum atomic E-state index is 0.116. The predicted octanol–water partition coefficient (Wildman–Crippen LogP) is 4.48. The Kier molecular flexibility index (Phi) is 4.41. The summed E-state index contributed by atoms with van der Waals surface area (Å²) in [6.07, 6.45) is 5.66. The molecule has 0 bridgehead atoms. The second-order valence-electron chi connectivity index (χ2n) is 7.29. The van der Waals surface area contributed by atoms with E-state index < -0.39 is 0 Å². The lowest BCUT2D eigenvalue weighted by Crippen LogP contribution is -2.38. The lowest BCUT2D eigenvalue weighted by molar-refractivity contribution is 0.0699. The fourth-order valence-corrected chi connectivity index (χ4v) is 3.57. The number of piperidine rings is 1. The van der Waals surface area contributed by atoms with Gasteiger partial charge in [0.05, 0.1) is 16.8 Å². The number of benzene rings is 1. The van der Waals surface area contributed by atoms with Crippen molar-refractivity contribution < 1.29 is 4.79 Å². The smallest absolute Gasteiger partial charge is 0.254 e. The van der Waals surface area contributed by atoms with Gasteiger partial charge in [-0.25, -0.2) is 4.98 Å². The number of carbonyl (C=O) groups excluding carboxylic acids is 1. The quantitative estimate of drug-likeness (QED) is 0.688. The lowest BCUT2D eigenvalue weighted by Gasteiger charge is -2.30. The highest BCUT2D eigenvalue weighted by Gasteiger charge is 2.23.